The van der Waals surface area contributed by atoms with Crippen LogP contribution in [-0.2, 0) is 9.59 Å². The van der Waals surface area contributed by atoms with Crippen LogP contribution in [0.25, 0.3) is 11.3 Å². The van der Waals surface area contributed by atoms with Crippen molar-refractivity contribution in [1.82, 2.24) is 4.98 Å². The van der Waals surface area contributed by atoms with Crippen molar-refractivity contribution in [2.45, 2.75) is 31.3 Å². The van der Waals surface area contributed by atoms with Gasteiger partial charge in [-0.25, -0.2) is 4.98 Å². The first-order valence-electron chi connectivity index (χ1n) is 10.4. The van der Waals surface area contributed by atoms with Crippen LogP contribution in [0, 0.1) is 5.92 Å². The average Bonchev–Trinajstić information content (AvgIpc) is 3.26. The Bertz CT molecular complexity index is 1100. The number of carboxylic acid groups (broad SMARTS) is 1. The number of hydrogen-bond acceptors (Lipinski definition) is 5. The molecular weight excluding hydrogens is 448 g/mol. The number of aliphatic hydroxyl groups excluding tert-OH is 1. The van der Waals surface area contributed by atoms with Gasteiger partial charge in [-0.15, -0.1) is 11.3 Å². The molecule has 0 aliphatic carbocycles. The number of carbonyl (C=O) groups is 2. The molecule has 8 heteroatoms. The molecule has 0 saturated carbocycles. The van der Waals surface area contributed by atoms with Gasteiger partial charge in [-0.3, -0.25) is 14.5 Å². The third kappa shape index (κ3) is 4.85. The second kappa shape index (κ2) is 9.81. The lowest BCUT2D eigenvalue weighted by Crippen LogP contribution is -2.45. The van der Waals surface area contributed by atoms with Crippen LogP contribution in [0.1, 0.15) is 30.7 Å². The number of anilines is 1. The molecule has 1 fully saturated rings. The Morgan fingerprint density at radius 1 is 1.12 bits per heavy atom. The van der Waals surface area contributed by atoms with Gasteiger partial charge in [0.25, 0.3) is 0 Å². The van der Waals surface area contributed by atoms with E-state index in [1.165, 1.54) is 16.2 Å². The third-order valence-electron chi connectivity index (χ3n) is 5.77. The average molecular weight is 471 g/mol. The van der Waals surface area contributed by atoms with E-state index in [1.807, 2.05) is 53.9 Å². The molecule has 1 aromatic heterocycles. The predicted molar refractivity (Wildman–Crippen MR) is 125 cm³/mol. The number of carboxylic acids is 1. The molecule has 0 spiro atoms. The maximum absolute atomic E-state index is 13.7. The van der Waals surface area contributed by atoms with E-state index in [2.05, 4.69) is 4.98 Å². The van der Waals surface area contributed by atoms with E-state index in [1.54, 1.807) is 6.07 Å². The Hall–Kier alpha value is -2.74. The zero-order chi connectivity index (χ0) is 22.7. The van der Waals surface area contributed by atoms with Crippen LogP contribution in [-0.4, -0.2) is 39.7 Å². The highest BCUT2D eigenvalue weighted by Crippen LogP contribution is 2.38. The SMILES string of the molecule is O=C(O)C[C@@H]1C(=O)N(c2nc(-c3ccccc3Cl)cs2)CC(O)CC[C@@H]1c1ccccc1. The van der Waals surface area contributed by atoms with Crippen LogP contribution < -0.4 is 4.90 Å². The van der Waals surface area contributed by atoms with Gasteiger partial charge in [0.2, 0.25) is 5.91 Å². The van der Waals surface area contributed by atoms with Crippen molar-refractivity contribution in [2.75, 3.05) is 11.4 Å². The van der Waals surface area contributed by atoms with Gasteiger partial charge in [0.05, 0.1) is 30.7 Å². The van der Waals surface area contributed by atoms with Crippen LogP contribution in [0.15, 0.2) is 60.0 Å². The second-order valence-electron chi connectivity index (χ2n) is 7.90. The highest BCUT2D eigenvalue weighted by atomic mass is 35.5. The lowest BCUT2D eigenvalue weighted by molar-refractivity contribution is -0.141. The molecular formula is C24H23ClN2O4S. The van der Waals surface area contributed by atoms with Crippen LogP contribution >= 0.6 is 22.9 Å². The van der Waals surface area contributed by atoms with E-state index < -0.39 is 18.0 Å². The van der Waals surface area contributed by atoms with Crippen LogP contribution in [0.5, 0.6) is 0 Å². The molecule has 2 heterocycles. The number of carbonyl (C=O) groups excluding carboxylic acids is 1. The lowest BCUT2D eigenvalue weighted by Gasteiger charge is -2.34. The van der Waals surface area contributed by atoms with Crippen molar-refractivity contribution in [3.8, 4) is 11.3 Å². The largest absolute Gasteiger partial charge is 0.481 e. The number of β-amino-alcohol motifs (C(OH)–C–C–N with tert-alkyl or cyclic N) is 1. The zero-order valence-corrected chi connectivity index (χ0v) is 18.8. The fourth-order valence-electron chi connectivity index (χ4n) is 4.21. The highest BCUT2D eigenvalue weighted by molar-refractivity contribution is 7.14. The first-order valence-corrected chi connectivity index (χ1v) is 11.7. The first-order chi connectivity index (χ1) is 15.4. The van der Waals surface area contributed by atoms with Gasteiger partial charge in [0.15, 0.2) is 5.13 Å². The molecule has 1 saturated heterocycles. The van der Waals surface area contributed by atoms with E-state index >= 15 is 0 Å². The fraction of sp³-hybridized carbons (Fsp3) is 0.292. The van der Waals surface area contributed by atoms with Crippen molar-refractivity contribution < 1.29 is 19.8 Å². The van der Waals surface area contributed by atoms with Gasteiger partial charge >= 0.3 is 5.97 Å². The molecule has 1 unspecified atom stereocenters. The number of aromatic nitrogens is 1. The van der Waals surface area contributed by atoms with Crippen LogP contribution in [0.3, 0.4) is 0 Å². The molecule has 3 atom stereocenters. The number of amides is 1. The number of hydrogen-bond donors (Lipinski definition) is 2. The van der Waals surface area contributed by atoms with Gasteiger partial charge < -0.3 is 10.2 Å². The molecule has 1 amide bonds. The van der Waals surface area contributed by atoms with E-state index in [-0.39, 0.29) is 24.8 Å². The van der Waals surface area contributed by atoms with Crippen molar-refractivity contribution in [3.63, 3.8) is 0 Å². The zero-order valence-electron chi connectivity index (χ0n) is 17.2. The summed E-state index contributed by atoms with van der Waals surface area (Å²) in [5.74, 6) is -2.42. The van der Waals surface area contributed by atoms with Gasteiger partial charge in [-0.1, -0.05) is 60.1 Å². The van der Waals surface area contributed by atoms with Crippen molar-refractivity contribution >= 4 is 39.9 Å². The molecule has 3 aromatic rings. The standard InChI is InChI=1S/C24H23ClN2O4S/c25-20-9-5-4-8-18(20)21-14-32-24(26-21)27-13-16(28)10-11-17(15-6-2-1-3-7-15)19(23(27)31)12-22(29)30/h1-9,14,16-17,19,28H,10-13H2,(H,29,30)/t16?,17-,19+/m1/s1. The number of aliphatic hydroxyl groups is 1. The number of aliphatic carboxylic acids is 1. The Morgan fingerprint density at radius 3 is 2.56 bits per heavy atom. The van der Waals surface area contributed by atoms with Crippen LogP contribution in [0.2, 0.25) is 5.02 Å². The topological polar surface area (TPSA) is 90.7 Å². The molecule has 0 bridgehead atoms. The highest BCUT2D eigenvalue weighted by Gasteiger charge is 2.38. The van der Waals surface area contributed by atoms with Gasteiger partial charge in [-0.05, 0) is 30.4 Å². The molecule has 1 aliphatic heterocycles. The smallest absolute Gasteiger partial charge is 0.304 e. The quantitative estimate of drug-likeness (QED) is 0.557. The van der Waals surface area contributed by atoms with E-state index in [0.29, 0.717) is 28.7 Å². The third-order valence-corrected chi connectivity index (χ3v) is 6.96. The lowest BCUT2D eigenvalue weighted by atomic mass is 9.78. The van der Waals surface area contributed by atoms with E-state index in [0.717, 1.165) is 11.1 Å². The van der Waals surface area contributed by atoms with Crippen molar-refractivity contribution in [1.29, 1.82) is 0 Å². The maximum atomic E-state index is 13.7. The summed E-state index contributed by atoms with van der Waals surface area (Å²) < 4.78 is 0. The number of nitrogens with zero attached hydrogens (tertiary/aromatic N) is 2. The molecule has 4 rings (SSSR count). The van der Waals surface area contributed by atoms with Gasteiger partial charge in [0, 0.05) is 16.0 Å². The van der Waals surface area contributed by atoms with Crippen molar-refractivity contribution in [3.05, 3.63) is 70.6 Å². The first kappa shape index (κ1) is 22.5. The van der Waals surface area contributed by atoms with Gasteiger partial charge in [-0.2, -0.15) is 0 Å². The number of benzene rings is 2. The minimum Gasteiger partial charge on any atom is -0.481 e. The number of rotatable bonds is 5. The summed E-state index contributed by atoms with van der Waals surface area (Å²) in [6.07, 6.45) is -0.0231. The van der Waals surface area contributed by atoms with E-state index in [4.69, 9.17) is 11.6 Å². The summed E-state index contributed by atoms with van der Waals surface area (Å²) >= 11 is 7.58. The molecule has 6 nitrogen and oxygen atoms in total. The van der Waals surface area contributed by atoms with Crippen molar-refractivity contribution in [2.24, 2.45) is 5.92 Å². The summed E-state index contributed by atoms with van der Waals surface area (Å²) in [5.41, 5.74) is 2.28. The monoisotopic (exact) mass is 470 g/mol. The molecule has 0 radical (unpaired) electrons. The molecule has 32 heavy (non-hydrogen) atoms. The molecule has 1 aliphatic rings. The Kier molecular flexibility index (Phi) is 6.89. The predicted octanol–water partition coefficient (Wildman–Crippen LogP) is 4.83. The minimum absolute atomic E-state index is 0.0753. The Balaban J connectivity index is 1.71. The fourth-order valence-corrected chi connectivity index (χ4v) is 5.28. The summed E-state index contributed by atoms with van der Waals surface area (Å²) in [4.78, 5) is 31.4. The molecule has 166 valence electrons. The van der Waals surface area contributed by atoms with E-state index in [9.17, 15) is 19.8 Å². The molecule has 2 aromatic carbocycles. The van der Waals surface area contributed by atoms with Gasteiger partial charge in [0.1, 0.15) is 0 Å². The summed E-state index contributed by atoms with van der Waals surface area (Å²) in [6, 6.07) is 16.8. The number of thiazole rings is 1. The Morgan fingerprint density at radius 2 is 1.84 bits per heavy atom. The molecule has 2 N–H and O–H groups in total. The summed E-state index contributed by atoms with van der Waals surface area (Å²) in [5, 5.41) is 23.0. The minimum atomic E-state index is -1.03. The summed E-state index contributed by atoms with van der Waals surface area (Å²) in [7, 11) is 0. The second-order valence-corrected chi connectivity index (χ2v) is 9.14. The Labute approximate surface area is 195 Å². The normalized spacial score (nSPS) is 21.8. The van der Waals surface area contributed by atoms with Crippen LogP contribution in [0.4, 0.5) is 5.13 Å². The number of halogens is 1. The summed E-state index contributed by atoms with van der Waals surface area (Å²) in [6.45, 7) is 0.0753. The maximum Gasteiger partial charge on any atom is 0.304 e.